The Labute approximate surface area is 179 Å². The van der Waals surface area contributed by atoms with Gasteiger partial charge >= 0.3 is 0 Å². The zero-order valence-electron chi connectivity index (χ0n) is 17.6. The molecule has 1 atom stereocenters. The van der Waals surface area contributed by atoms with E-state index in [4.69, 9.17) is 14.2 Å². The maximum atomic E-state index is 13.5. The standard InChI is InChI=1S/C23H24FNO6/c1-29-12-4-11-25-20(14-5-8-16(24)9-6-14)19(22(27)23(25)28)21(26)15-7-10-17(30-2)18(13-15)31-3/h5-10,13,20,26H,4,11-12H2,1-3H3/b21-19-. The van der Waals surface area contributed by atoms with E-state index in [9.17, 15) is 19.1 Å². The number of hydrogen-bond donors (Lipinski definition) is 1. The van der Waals surface area contributed by atoms with Crippen molar-refractivity contribution in [2.75, 3.05) is 34.5 Å². The smallest absolute Gasteiger partial charge is 0.295 e. The largest absolute Gasteiger partial charge is 0.507 e. The van der Waals surface area contributed by atoms with Crippen molar-refractivity contribution in [1.82, 2.24) is 4.90 Å². The number of nitrogens with zero attached hydrogens (tertiary/aromatic N) is 1. The van der Waals surface area contributed by atoms with E-state index in [1.165, 1.54) is 49.5 Å². The predicted octanol–water partition coefficient (Wildman–Crippen LogP) is 3.30. The van der Waals surface area contributed by atoms with Gasteiger partial charge in [0.25, 0.3) is 11.7 Å². The third-order valence-electron chi connectivity index (χ3n) is 5.13. The number of amides is 1. The van der Waals surface area contributed by atoms with E-state index in [0.717, 1.165) is 0 Å². The van der Waals surface area contributed by atoms with Crippen LogP contribution in [0.5, 0.6) is 11.5 Å². The zero-order chi connectivity index (χ0) is 22.5. The van der Waals surface area contributed by atoms with E-state index >= 15 is 0 Å². The van der Waals surface area contributed by atoms with Crippen LogP contribution in [0.1, 0.15) is 23.6 Å². The average Bonchev–Trinajstić information content (AvgIpc) is 3.03. The fourth-order valence-electron chi connectivity index (χ4n) is 3.62. The molecule has 0 aliphatic carbocycles. The van der Waals surface area contributed by atoms with Gasteiger partial charge in [0.15, 0.2) is 11.5 Å². The van der Waals surface area contributed by atoms with E-state index in [0.29, 0.717) is 35.7 Å². The number of halogens is 1. The molecule has 164 valence electrons. The van der Waals surface area contributed by atoms with Gasteiger partial charge in [-0.2, -0.15) is 0 Å². The molecule has 2 aromatic carbocycles. The third kappa shape index (κ3) is 4.39. The van der Waals surface area contributed by atoms with Gasteiger partial charge in [-0.05, 0) is 42.3 Å². The Morgan fingerprint density at radius 2 is 1.71 bits per heavy atom. The van der Waals surface area contributed by atoms with Gasteiger partial charge in [-0.25, -0.2) is 4.39 Å². The minimum absolute atomic E-state index is 0.0683. The minimum Gasteiger partial charge on any atom is -0.507 e. The number of ketones is 1. The van der Waals surface area contributed by atoms with Crippen LogP contribution < -0.4 is 9.47 Å². The number of Topliss-reactive ketones (excluding diaryl/α,β-unsaturated/α-hetero) is 1. The lowest BCUT2D eigenvalue weighted by atomic mass is 9.95. The molecule has 0 saturated carbocycles. The first-order valence-electron chi connectivity index (χ1n) is 9.68. The molecule has 1 amide bonds. The first-order valence-corrected chi connectivity index (χ1v) is 9.68. The predicted molar refractivity (Wildman–Crippen MR) is 111 cm³/mol. The van der Waals surface area contributed by atoms with Gasteiger partial charge in [0.2, 0.25) is 0 Å². The number of benzene rings is 2. The van der Waals surface area contributed by atoms with E-state index in [1.54, 1.807) is 19.2 Å². The average molecular weight is 429 g/mol. The highest BCUT2D eigenvalue weighted by atomic mass is 19.1. The van der Waals surface area contributed by atoms with Crippen molar-refractivity contribution in [3.63, 3.8) is 0 Å². The summed E-state index contributed by atoms with van der Waals surface area (Å²) in [6, 6.07) is 9.32. The van der Waals surface area contributed by atoms with Gasteiger partial charge in [-0.3, -0.25) is 9.59 Å². The molecule has 7 nitrogen and oxygen atoms in total. The van der Waals surface area contributed by atoms with Crippen LogP contribution in [0, 0.1) is 5.82 Å². The van der Waals surface area contributed by atoms with Crippen LogP contribution in [-0.4, -0.2) is 56.2 Å². The Hall–Kier alpha value is -3.39. The summed E-state index contributed by atoms with van der Waals surface area (Å²) >= 11 is 0. The second-order valence-electron chi connectivity index (χ2n) is 6.96. The maximum Gasteiger partial charge on any atom is 0.295 e. The summed E-state index contributed by atoms with van der Waals surface area (Å²) < 4.78 is 29.0. The van der Waals surface area contributed by atoms with Crippen molar-refractivity contribution in [2.24, 2.45) is 0 Å². The molecule has 1 unspecified atom stereocenters. The van der Waals surface area contributed by atoms with E-state index in [2.05, 4.69) is 0 Å². The van der Waals surface area contributed by atoms with E-state index < -0.39 is 23.5 Å². The van der Waals surface area contributed by atoms with Crippen LogP contribution in [0.25, 0.3) is 5.76 Å². The molecule has 8 heteroatoms. The Kier molecular flexibility index (Phi) is 6.91. The fraction of sp³-hybridized carbons (Fsp3) is 0.304. The molecule has 1 fully saturated rings. The Morgan fingerprint density at radius 3 is 2.32 bits per heavy atom. The molecule has 1 N–H and O–H groups in total. The lowest BCUT2D eigenvalue weighted by Gasteiger charge is -2.25. The molecule has 1 heterocycles. The molecule has 1 aliphatic heterocycles. The summed E-state index contributed by atoms with van der Waals surface area (Å²) in [6.07, 6.45) is 0.498. The maximum absolute atomic E-state index is 13.5. The summed E-state index contributed by atoms with van der Waals surface area (Å²) in [5.74, 6) is -1.51. The topological polar surface area (TPSA) is 85.3 Å². The second kappa shape index (κ2) is 9.61. The fourth-order valence-corrected chi connectivity index (χ4v) is 3.62. The number of ether oxygens (including phenoxy) is 3. The Bertz CT molecular complexity index is 1000. The van der Waals surface area contributed by atoms with Crippen LogP contribution in [0.4, 0.5) is 4.39 Å². The van der Waals surface area contributed by atoms with E-state index in [1.807, 2.05) is 0 Å². The van der Waals surface area contributed by atoms with E-state index in [-0.39, 0.29) is 17.9 Å². The van der Waals surface area contributed by atoms with Gasteiger partial charge in [0, 0.05) is 25.8 Å². The van der Waals surface area contributed by atoms with Gasteiger partial charge in [0.1, 0.15) is 11.6 Å². The van der Waals surface area contributed by atoms with Crippen molar-refractivity contribution >= 4 is 17.4 Å². The lowest BCUT2D eigenvalue weighted by molar-refractivity contribution is -0.140. The first-order chi connectivity index (χ1) is 14.9. The molecule has 1 aliphatic rings. The van der Waals surface area contributed by atoms with Crippen LogP contribution in [0.15, 0.2) is 48.0 Å². The molecular formula is C23H24FNO6. The van der Waals surface area contributed by atoms with Crippen molar-refractivity contribution in [3.8, 4) is 11.5 Å². The molecule has 2 aromatic rings. The van der Waals surface area contributed by atoms with Crippen molar-refractivity contribution in [1.29, 1.82) is 0 Å². The summed E-state index contributed by atoms with van der Waals surface area (Å²) in [7, 11) is 4.48. The van der Waals surface area contributed by atoms with Gasteiger partial charge in [-0.1, -0.05) is 12.1 Å². The van der Waals surface area contributed by atoms with Gasteiger partial charge in [0.05, 0.1) is 25.8 Å². The number of hydrogen-bond acceptors (Lipinski definition) is 6. The van der Waals surface area contributed by atoms with Crippen LogP contribution in [0.3, 0.4) is 0 Å². The number of likely N-dealkylation sites (tertiary alicyclic amines) is 1. The highest BCUT2D eigenvalue weighted by Crippen LogP contribution is 2.40. The number of aliphatic hydroxyl groups excluding tert-OH is 1. The van der Waals surface area contributed by atoms with Crippen LogP contribution in [0.2, 0.25) is 0 Å². The number of methoxy groups -OCH3 is 3. The molecule has 0 bridgehead atoms. The summed E-state index contributed by atoms with van der Waals surface area (Å²) in [5, 5.41) is 11.1. The highest BCUT2D eigenvalue weighted by Gasteiger charge is 2.45. The number of carbonyl (C=O) groups excluding carboxylic acids is 2. The quantitative estimate of drug-likeness (QED) is 0.300. The summed E-state index contributed by atoms with van der Waals surface area (Å²) in [6.45, 7) is 0.637. The van der Waals surface area contributed by atoms with Gasteiger partial charge < -0.3 is 24.2 Å². The van der Waals surface area contributed by atoms with Gasteiger partial charge in [-0.15, -0.1) is 0 Å². The molecule has 0 aromatic heterocycles. The number of rotatable bonds is 8. The summed E-state index contributed by atoms with van der Waals surface area (Å²) in [5.41, 5.74) is 0.737. The molecule has 0 radical (unpaired) electrons. The van der Waals surface area contributed by atoms with Crippen molar-refractivity contribution < 1.29 is 33.3 Å². The molecular weight excluding hydrogens is 405 g/mol. The zero-order valence-corrected chi connectivity index (χ0v) is 17.6. The molecule has 0 spiro atoms. The molecule has 3 rings (SSSR count). The van der Waals surface area contributed by atoms with Crippen molar-refractivity contribution in [3.05, 3.63) is 65.0 Å². The lowest BCUT2D eigenvalue weighted by Crippen LogP contribution is -2.31. The SMILES string of the molecule is COCCCN1C(=O)C(=O)/C(=C(\O)c2ccc(OC)c(OC)c2)C1c1ccc(F)cc1. The first kappa shape index (κ1) is 22.3. The summed E-state index contributed by atoms with van der Waals surface area (Å²) in [4.78, 5) is 27.1. The molecule has 31 heavy (non-hydrogen) atoms. The number of carbonyl (C=O) groups is 2. The monoisotopic (exact) mass is 429 g/mol. The van der Waals surface area contributed by atoms with Crippen molar-refractivity contribution in [2.45, 2.75) is 12.5 Å². The highest BCUT2D eigenvalue weighted by molar-refractivity contribution is 6.46. The second-order valence-corrected chi connectivity index (χ2v) is 6.96. The Morgan fingerprint density at radius 1 is 1.03 bits per heavy atom. The minimum atomic E-state index is -0.856. The normalized spacial score (nSPS) is 17.8. The Balaban J connectivity index is 2.13. The molecule has 1 saturated heterocycles. The third-order valence-corrected chi connectivity index (χ3v) is 5.13. The van der Waals surface area contributed by atoms with Crippen LogP contribution in [-0.2, 0) is 14.3 Å². The van der Waals surface area contributed by atoms with Crippen LogP contribution >= 0.6 is 0 Å². The number of aliphatic hydroxyl groups is 1.